The lowest BCUT2D eigenvalue weighted by molar-refractivity contribution is -0.152. The molecular weight excluding hydrogens is 388 g/mol. The maximum Gasteiger partial charge on any atom is 0.408 e. The minimum absolute atomic E-state index is 0.0176. The fourth-order valence-electron chi connectivity index (χ4n) is 2.57. The highest BCUT2D eigenvalue weighted by Crippen LogP contribution is 2.12. The molecule has 8 nitrogen and oxygen atoms in total. The van der Waals surface area contributed by atoms with Crippen molar-refractivity contribution in [1.29, 1.82) is 0 Å². The summed E-state index contributed by atoms with van der Waals surface area (Å²) in [5.41, 5.74) is 0.0647. The predicted octanol–water partition coefficient (Wildman–Crippen LogP) is 2.53. The van der Waals surface area contributed by atoms with Gasteiger partial charge in [-0.2, -0.15) is 0 Å². The summed E-state index contributed by atoms with van der Waals surface area (Å²) in [6, 6.07) is 6.87. The molecule has 0 fully saturated rings. The lowest BCUT2D eigenvalue weighted by Gasteiger charge is -2.28. The third kappa shape index (κ3) is 8.82. The van der Waals surface area contributed by atoms with Crippen LogP contribution in [0, 0.1) is 5.92 Å². The Kier molecular flexibility index (Phi) is 9.78. The second kappa shape index (κ2) is 11.5. The highest BCUT2D eigenvalue weighted by atomic mass is 16.6. The number of alkyl carbamates (subject to hydrolysis) is 1. The van der Waals surface area contributed by atoms with E-state index in [1.165, 1.54) is 6.92 Å². The van der Waals surface area contributed by atoms with Gasteiger partial charge in [0.1, 0.15) is 18.2 Å². The topological polar surface area (TPSA) is 114 Å². The highest BCUT2D eigenvalue weighted by molar-refractivity contribution is 5.90. The van der Waals surface area contributed by atoms with E-state index < -0.39 is 41.8 Å². The second-order valence-electron chi connectivity index (χ2n) is 8.33. The minimum Gasteiger partial charge on any atom is -0.459 e. The number of hydrogen-bond acceptors (Lipinski definition) is 6. The van der Waals surface area contributed by atoms with Gasteiger partial charge in [-0.1, -0.05) is 50.6 Å². The molecule has 0 aliphatic rings. The largest absolute Gasteiger partial charge is 0.459 e. The zero-order valence-electron chi connectivity index (χ0n) is 18.6. The van der Waals surface area contributed by atoms with E-state index in [9.17, 15) is 19.5 Å². The summed E-state index contributed by atoms with van der Waals surface area (Å²) in [6.07, 6.45) is -1.31. The van der Waals surface area contributed by atoms with Crippen molar-refractivity contribution < 1.29 is 29.0 Å². The van der Waals surface area contributed by atoms with Gasteiger partial charge in [0.2, 0.25) is 5.91 Å². The van der Waals surface area contributed by atoms with Crippen LogP contribution in [0.1, 0.15) is 53.5 Å². The Balaban J connectivity index is 2.82. The van der Waals surface area contributed by atoms with Gasteiger partial charge in [0, 0.05) is 0 Å². The van der Waals surface area contributed by atoms with Crippen LogP contribution in [0.5, 0.6) is 0 Å². The van der Waals surface area contributed by atoms with Crippen molar-refractivity contribution in [1.82, 2.24) is 10.6 Å². The first-order chi connectivity index (χ1) is 13.9. The summed E-state index contributed by atoms with van der Waals surface area (Å²) in [4.78, 5) is 37.4. The van der Waals surface area contributed by atoms with Gasteiger partial charge in [-0.3, -0.25) is 4.79 Å². The van der Waals surface area contributed by atoms with Crippen molar-refractivity contribution >= 4 is 18.0 Å². The van der Waals surface area contributed by atoms with Gasteiger partial charge in [-0.15, -0.1) is 0 Å². The van der Waals surface area contributed by atoms with Crippen molar-refractivity contribution in [3.8, 4) is 0 Å². The number of aliphatic hydroxyl groups is 1. The fraction of sp³-hybridized carbons (Fsp3) is 0.591. The first-order valence-electron chi connectivity index (χ1n) is 10.1. The van der Waals surface area contributed by atoms with E-state index in [1.807, 2.05) is 25.1 Å². The summed E-state index contributed by atoms with van der Waals surface area (Å²) >= 11 is 0. The standard InChI is InChI=1S/C22H34N2O6/c1-7-14(2)17(24-21(28)30-22(4,5)6)19(26)23-18(15(3)25)20(27)29-13-16-11-9-8-10-12-16/h8-12,14-15,17-18,25H,7,13H2,1-6H3,(H,23,26)(H,24,28)/t14-,15-,17-,18-/m0/s1. The molecule has 0 aliphatic heterocycles. The monoisotopic (exact) mass is 422 g/mol. The minimum atomic E-state index is -1.27. The van der Waals surface area contributed by atoms with Crippen molar-refractivity contribution in [3.05, 3.63) is 35.9 Å². The molecule has 3 N–H and O–H groups in total. The van der Waals surface area contributed by atoms with Crippen LogP contribution in [0.15, 0.2) is 30.3 Å². The molecule has 0 aromatic heterocycles. The molecule has 0 heterocycles. The van der Waals surface area contributed by atoms with Gasteiger partial charge in [0.15, 0.2) is 6.04 Å². The normalized spacial score (nSPS) is 15.3. The number of nitrogens with one attached hydrogen (secondary N) is 2. The number of ether oxygens (including phenoxy) is 2. The molecule has 0 bridgehead atoms. The Hall–Kier alpha value is -2.61. The molecule has 1 rings (SSSR count). The molecule has 0 saturated heterocycles. The molecule has 1 aromatic carbocycles. The van der Waals surface area contributed by atoms with E-state index in [4.69, 9.17) is 9.47 Å². The van der Waals surface area contributed by atoms with Crippen LogP contribution in [0.2, 0.25) is 0 Å². The fourth-order valence-corrected chi connectivity index (χ4v) is 2.57. The summed E-state index contributed by atoms with van der Waals surface area (Å²) < 4.78 is 10.5. The Morgan fingerprint density at radius 1 is 1.03 bits per heavy atom. The number of carbonyl (C=O) groups is 3. The van der Waals surface area contributed by atoms with Gasteiger partial charge >= 0.3 is 12.1 Å². The van der Waals surface area contributed by atoms with Gasteiger partial charge in [-0.05, 0) is 39.2 Å². The Morgan fingerprint density at radius 3 is 2.13 bits per heavy atom. The molecule has 0 unspecified atom stereocenters. The molecule has 0 spiro atoms. The molecule has 0 radical (unpaired) electrons. The Labute approximate surface area is 178 Å². The second-order valence-corrected chi connectivity index (χ2v) is 8.33. The van der Waals surface area contributed by atoms with Crippen molar-refractivity contribution in [2.24, 2.45) is 5.92 Å². The number of hydrogen-bond donors (Lipinski definition) is 3. The SMILES string of the molecule is CC[C@H](C)[C@H](NC(=O)OC(C)(C)C)C(=O)N[C@H](C(=O)OCc1ccccc1)[C@H](C)O. The van der Waals surface area contributed by atoms with Crippen LogP contribution >= 0.6 is 0 Å². The van der Waals surface area contributed by atoms with Gasteiger partial charge in [0.05, 0.1) is 6.10 Å². The highest BCUT2D eigenvalue weighted by Gasteiger charge is 2.33. The van der Waals surface area contributed by atoms with Crippen LogP contribution in [0.3, 0.4) is 0 Å². The van der Waals surface area contributed by atoms with Crippen LogP contribution in [0.25, 0.3) is 0 Å². The van der Waals surface area contributed by atoms with Crippen molar-refractivity contribution in [3.63, 3.8) is 0 Å². The molecule has 4 atom stereocenters. The molecular formula is C22H34N2O6. The molecule has 0 saturated carbocycles. The van der Waals surface area contributed by atoms with Gasteiger partial charge in [0.25, 0.3) is 0 Å². The van der Waals surface area contributed by atoms with Crippen LogP contribution in [0.4, 0.5) is 4.79 Å². The number of carbonyl (C=O) groups excluding carboxylic acids is 3. The zero-order valence-corrected chi connectivity index (χ0v) is 18.6. The number of rotatable bonds is 9. The van der Waals surface area contributed by atoms with E-state index in [1.54, 1.807) is 39.8 Å². The summed E-state index contributed by atoms with van der Waals surface area (Å²) in [5.74, 6) is -1.59. The summed E-state index contributed by atoms with van der Waals surface area (Å²) in [7, 11) is 0. The maximum absolute atomic E-state index is 12.8. The van der Waals surface area contributed by atoms with Gasteiger partial charge in [-0.25, -0.2) is 9.59 Å². The Morgan fingerprint density at radius 2 is 1.63 bits per heavy atom. The lowest BCUT2D eigenvalue weighted by Crippen LogP contribution is -2.57. The number of esters is 1. The molecule has 1 aromatic rings. The predicted molar refractivity (Wildman–Crippen MR) is 112 cm³/mol. The molecule has 8 heteroatoms. The quantitative estimate of drug-likeness (QED) is 0.527. The third-order valence-corrected chi connectivity index (χ3v) is 4.43. The molecule has 2 amide bonds. The van der Waals surface area contributed by atoms with Crippen LogP contribution in [-0.2, 0) is 25.7 Å². The first kappa shape index (κ1) is 25.4. The number of aliphatic hydroxyl groups excluding tert-OH is 1. The van der Waals surface area contributed by atoms with E-state index in [-0.39, 0.29) is 12.5 Å². The average molecular weight is 423 g/mol. The van der Waals surface area contributed by atoms with Crippen LogP contribution < -0.4 is 10.6 Å². The summed E-state index contributed by atoms with van der Waals surface area (Å²) in [5, 5.41) is 15.1. The van der Waals surface area contributed by atoms with E-state index in [0.717, 1.165) is 5.56 Å². The van der Waals surface area contributed by atoms with Crippen LogP contribution in [-0.4, -0.2) is 46.9 Å². The zero-order chi connectivity index (χ0) is 22.9. The number of benzene rings is 1. The van der Waals surface area contributed by atoms with Crippen molar-refractivity contribution in [2.75, 3.05) is 0 Å². The van der Waals surface area contributed by atoms with E-state index >= 15 is 0 Å². The lowest BCUT2D eigenvalue weighted by atomic mass is 9.98. The average Bonchev–Trinajstić information content (AvgIpc) is 2.66. The third-order valence-electron chi connectivity index (χ3n) is 4.43. The number of amides is 2. The molecule has 0 aliphatic carbocycles. The van der Waals surface area contributed by atoms with E-state index in [0.29, 0.717) is 6.42 Å². The Bertz CT molecular complexity index is 699. The first-order valence-corrected chi connectivity index (χ1v) is 10.1. The summed E-state index contributed by atoms with van der Waals surface area (Å²) in [6.45, 7) is 10.2. The van der Waals surface area contributed by atoms with Crippen molar-refractivity contribution in [2.45, 2.75) is 78.4 Å². The maximum atomic E-state index is 12.8. The smallest absolute Gasteiger partial charge is 0.408 e. The molecule has 30 heavy (non-hydrogen) atoms. The van der Waals surface area contributed by atoms with E-state index in [2.05, 4.69) is 10.6 Å². The molecule has 168 valence electrons. The van der Waals surface area contributed by atoms with Gasteiger partial charge < -0.3 is 25.2 Å².